The van der Waals surface area contributed by atoms with Crippen molar-refractivity contribution in [2.75, 3.05) is 26.2 Å². The largest absolute Gasteiger partial charge is 0.342 e. The summed E-state index contributed by atoms with van der Waals surface area (Å²) in [5.41, 5.74) is 1.22. The van der Waals surface area contributed by atoms with Crippen molar-refractivity contribution in [2.45, 2.75) is 39.2 Å². The maximum Gasteiger partial charge on any atom is 0.317 e. The predicted molar refractivity (Wildman–Crippen MR) is 105 cm³/mol. The van der Waals surface area contributed by atoms with Crippen molar-refractivity contribution in [1.82, 2.24) is 15.1 Å². The lowest BCUT2D eigenvalue weighted by molar-refractivity contribution is -0.135. The molecule has 1 saturated heterocycles. The predicted octanol–water partition coefficient (Wildman–Crippen LogP) is 3.07. The minimum atomic E-state index is -0.0468. The number of piperidine rings is 1. The first-order valence-corrected chi connectivity index (χ1v) is 9.50. The lowest BCUT2D eigenvalue weighted by atomic mass is 10.0. The molecule has 0 unspecified atom stereocenters. The van der Waals surface area contributed by atoms with Gasteiger partial charge in [0.05, 0.1) is 0 Å². The van der Waals surface area contributed by atoms with Crippen LogP contribution in [0.25, 0.3) is 0 Å². The van der Waals surface area contributed by atoms with Crippen molar-refractivity contribution in [2.24, 2.45) is 5.92 Å². The van der Waals surface area contributed by atoms with Crippen LogP contribution in [0.15, 0.2) is 43.0 Å². The standard InChI is InChI=1S/C21H31N3O2/c1-4-13-24(14-10-18-8-6-5-7-9-18)21(26)22-19-11-15-23(16-12-19)20(25)17(2)3/h4-9,17,19H,1,10-16H2,2-3H3,(H,22,26). The van der Waals surface area contributed by atoms with E-state index in [1.54, 1.807) is 11.0 Å². The number of benzene rings is 1. The molecule has 5 heteroatoms. The molecule has 1 N–H and O–H groups in total. The number of carbonyl (C=O) groups excluding carboxylic acids is 2. The number of hydrogen-bond acceptors (Lipinski definition) is 2. The molecule has 3 amide bonds. The molecule has 0 atom stereocenters. The molecule has 26 heavy (non-hydrogen) atoms. The van der Waals surface area contributed by atoms with Crippen molar-refractivity contribution in [3.05, 3.63) is 48.6 Å². The molecule has 0 saturated carbocycles. The highest BCUT2D eigenvalue weighted by atomic mass is 16.2. The first-order chi connectivity index (χ1) is 12.5. The second kappa shape index (κ2) is 10.00. The van der Waals surface area contributed by atoms with Gasteiger partial charge in [0.1, 0.15) is 0 Å². The Morgan fingerprint density at radius 3 is 2.50 bits per heavy atom. The Balaban J connectivity index is 1.82. The first-order valence-electron chi connectivity index (χ1n) is 9.50. The van der Waals surface area contributed by atoms with Gasteiger partial charge in [-0.1, -0.05) is 50.3 Å². The Labute approximate surface area is 157 Å². The number of likely N-dealkylation sites (tertiary alicyclic amines) is 1. The smallest absolute Gasteiger partial charge is 0.317 e. The molecule has 1 heterocycles. The van der Waals surface area contributed by atoms with Crippen molar-refractivity contribution < 1.29 is 9.59 Å². The zero-order valence-corrected chi connectivity index (χ0v) is 16.0. The third-order valence-corrected chi connectivity index (χ3v) is 4.78. The zero-order chi connectivity index (χ0) is 18.9. The number of amides is 3. The molecular formula is C21H31N3O2. The lowest BCUT2D eigenvalue weighted by Gasteiger charge is -2.34. The summed E-state index contributed by atoms with van der Waals surface area (Å²) >= 11 is 0. The third-order valence-electron chi connectivity index (χ3n) is 4.78. The first kappa shape index (κ1) is 20.0. The fourth-order valence-corrected chi connectivity index (χ4v) is 3.22. The van der Waals surface area contributed by atoms with E-state index >= 15 is 0 Å². The topological polar surface area (TPSA) is 52.7 Å². The molecule has 0 aliphatic carbocycles. The molecular weight excluding hydrogens is 326 g/mol. The number of hydrogen-bond donors (Lipinski definition) is 1. The molecule has 5 nitrogen and oxygen atoms in total. The molecule has 0 bridgehead atoms. The van der Waals surface area contributed by atoms with E-state index in [4.69, 9.17) is 0 Å². The Morgan fingerprint density at radius 2 is 1.92 bits per heavy atom. The van der Waals surface area contributed by atoms with E-state index in [0.29, 0.717) is 26.2 Å². The molecule has 0 aromatic heterocycles. The number of nitrogens with one attached hydrogen (secondary N) is 1. The average Bonchev–Trinajstić information content (AvgIpc) is 2.65. The summed E-state index contributed by atoms with van der Waals surface area (Å²) in [5.74, 6) is 0.230. The molecule has 142 valence electrons. The average molecular weight is 357 g/mol. The highest BCUT2D eigenvalue weighted by Crippen LogP contribution is 2.14. The fourth-order valence-electron chi connectivity index (χ4n) is 3.22. The van der Waals surface area contributed by atoms with E-state index in [-0.39, 0.29) is 23.9 Å². The Morgan fingerprint density at radius 1 is 1.27 bits per heavy atom. The molecule has 0 radical (unpaired) electrons. The Hall–Kier alpha value is -2.30. The molecule has 1 aromatic carbocycles. The van der Waals surface area contributed by atoms with Gasteiger partial charge >= 0.3 is 6.03 Å². The number of rotatable bonds is 7. The van der Waals surface area contributed by atoms with Gasteiger partial charge in [0.25, 0.3) is 0 Å². The minimum absolute atomic E-state index is 0.0298. The van der Waals surface area contributed by atoms with Gasteiger partial charge in [-0.05, 0) is 24.8 Å². The molecule has 1 fully saturated rings. The second-order valence-electron chi connectivity index (χ2n) is 7.17. The molecule has 1 aliphatic rings. The molecule has 1 aromatic rings. The molecule has 1 aliphatic heterocycles. The van der Waals surface area contributed by atoms with Crippen LogP contribution in [-0.4, -0.2) is 54.0 Å². The van der Waals surface area contributed by atoms with Crippen LogP contribution in [0.5, 0.6) is 0 Å². The lowest BCUT2D eigenvalue weighted by Crippen LogP contribution is -2.51. The van der Waals surface area contributed by atoms with Gasteiger partial charge in [0.2, 0.25) is 5.91 Å². The summed E-state index contributed by atoms with van der Waals surface area (Å²) in [6.45, 7) is 10.2. The van der Waals surface area contributed by atoms with E-state index in [1.807, 2.05) is 36.9 Å². The van der Waals surface area contributed by atoms with Crippen LogP contribution in [0.2, 0.25) is 0 Å². The van der Waals surface area contributed by atoms with Gasteiger partial charge < -0.3 is 15.1 Å². The fraction of sp³-hybridized carbons (Fsp3) is 0.524. The van der Waals surface area contributed by atoms with Crippen molar-refractivity contribution in [1.29, 1.82) is 0 Å². The van der Waals surface area contributed by atoms with Gasteiger partial charge in [0.15, 0.2) is 0 Å². The van der Waals surface area contributed by atoms with Gasteiger partial charge in [-0.3, -0.25) is 4.79 Å². The van der Waals surface area contributed by atoms with Gasteiger partial charge in [0, 0.05) is 38.1 Å². The minimum Gasteiger partial charge on any atom is -0.342 e. The summed E-state index contributed by atoms with van der Waals surface area (Å²) in [4.78, 5) is 28.4. The highest BCUT2D eigenvalue weighted by molar-refractivity contribution is 5.78. The monoisotopic (exact) mass is 357 g/mol. The summed E-state index contributed by atoms with van der Waals surface area (Å²) in [6, 6.07) is 10.3. The van der Waals surface area contributed by atoms with E-state index < -0.39 is 0 Å². The van der Waals surface area contributed by atoms with Crippen molar-refractivity contribution in [3.8, 4) is 0 Å². The van der Waals surface area contributed by atoms with Crippen molar-refractivity contribution in [3.63, 3.8) is 0 Å². The quantitative estimate of drug-likeness (QED) is 0.763. The van der Waals surface area contributed by atoms with Crippen LogP contribution in [0, 0.1) is 5.92 Å². The van der Waals surface area contributed by atoms with E-state index in [2.05, 4.69) is 24.0 Å². The van der Waals surface area contributed by atoms with Gasteiger partial charge in [-0.15, -0.1) is 6.58 Å². The van der Waals surface area contributed by atoms with Gasteiger partial charge in [-0.25, -0.2) is 4.79 Å². The SMILES string of the molecule is C=CCN(CCc1ccccc1)C(=O)NC1CCN(C(=O)C(C)C)CC1. The normalized spacial score (nSPS) is 15.0. The van der Waals surface area contributed by atoms with Crippen molar-refractivity contribution >= 4 is 11.9 Å². The molecule has 0 spiro atoms. The second-order valence-corrected chi connectivity index (χ2v) is 7.17. The summed E-state index contributed by atoms with van der Waals surface area (Å²) < 4.78 is 0. The molecule has 2 rings (SSSR count). The van der Waals surface area contributed by atoms with Crippen LogP contribution in [0.4, 0.5) is 4.79 Å². The third kappa shape index (κ3) is 5.90. The Bertz CT molecular complexity index is 593. The van der Waals surface area contributed by atoms with Gasteiger partial charge in [-0.2, -0.15) is 0 Å². The summed E-state index contributed by atoms with van der Waals surface area (Å²) in [6.07, 6.45) is 4.20. The number of nitrogens with zero attached hydrogens (tertiary/aromatic N) is 2. The number of urea groups is 1. The van der Waals surface area contributed by atoms with Crippen LogP contribution in [-0.2, 0) is 11.2 Å². The van der Waals surface area contributed by atoms with Crippen LogP contribution in [0.1, 0.15) is 32.3 Å². The van der Waals surface area contributed by atoms with Crippen LogP contribution < -0.4 is 5.32 Å². The van der Waals surface area contributed by atoms with Crippen LogP contribution >= 0.6 is 0 Å². The Kier molecular flexibility index (Phi) is 7.70. The van der Waals surface area contributed by atoms with E-state index in [9.17, 15) is 9.59 Å². The van der Waals surface area contributed by atoms with Crippen LogP contribution in [0.3, 0.4) is 0 Å². The zero-order valence-electron chi connectivity index (χ0n) is 16.0. The summed E-state index contributed by atoms with van der Waals surface area (Å²) in [5, 5.41) is 3.13. The summed E-state index contributed by atoms with van der Waals surface area (Å²) in [7, 11) is 0. The van der Waals surface area contributed by atoms with E-state index in [1.165, 1.54) is 5.56 Å². The maximum atomic E-state index is 12.6. The van der Waals surface area contributed by atoms with E-state index in [0.717, 1.165) is 19.3 Å². The maximum absolute atomic E-state index is 12.6. The highest BCUT2D eigenvalue weighted by Gasteiger charge is 2.26. The number of carbonyl (C=O) groups is 2.